The van der Waals surface area contributed by atoms with Crippen molar-refractivity contribution >= 4 is 17.1 Å². The van der Waals surface area contributed by atoms with Crippen LogP contribution in [0.25, 0.3) is 22.2 Å². The van der Waals surface area contributed by atoms with Gasteiger partial charge in [-0.1, -0.05) is 42.5 Å². The Kier molecular flexibility index (Phi) is 5.88. The number of imidazole rings is 1. The number of rotatable bonds is 2. The maximum absolute atomic E-state index is 13.9. The Morgan fingerprint density at radius 1 is 1.08 bits per heavy atom. The molecule has 0 spiro atoms. The van der Waals surface area contributed by atoms with E-state index in [9.17, 15) is 9.90 Å². The van der Waals surface area contributed by atoms with E-state index in [1.54, 1.807) is 0 Å². The van der Waals surface area contributed by atoms with Gasteiger partial charge in [0.1, 0.15) is 18.2 Å². The number of carbonyl (C=O) groups is 1. The topological polar surface area (TPSA) is 81.7 Å². The van der Waals surface area contributed by atoms with Crippen LogP contribution in [0.4, 0.5) is 4.79 Å². The first kappa shape index (κ1) is 23.6. The van der Waals surface area contributed by atoms with E-state index in [1.807, 2.05) is 66.1 Å². The molecular formula is C30H32N4O3. The van der Waals surface area contributed by atoms with Crippen molar-refractivity contribution in [3.05, 3.63) is 83.7 Å². The molecule has 2 aliphatic heterocycles. The highest BCUT2D eigenvalue weighted by Crippen LogP contribution is 2.38. The summed E-state index contributed by atoms with van der Waals surface area (Å²) in [5.74, 6) is 1.71. The van der Waals surface area contributed by atoms with E-state index >= 15 is 0 Å². The lowest BCUT2D eigenvalue weighted by atomic mass is 9.85. The Morgan fingerprint density at radius 2 is 1.86 bits per heavy atom. The van der Waals surface area contributed by atoms with Gasteiger partial charge in [-0.15, -0.1) is 0 Å². The fourth-order valence-corrected chi connectivity index (χ4v) is 5.58. The SMILES string of the molecule is Cc1nc2ccc(-c3ccc4c(c3)CN(C(=O)N3CC[C@](C)(O)C[C@@H]3c3ccccc3)CCO4)cc2[nH]1. The summed E-state index contributed by atoms with van der Waals surface area (Å²) in [7, 11) is 0. The van der Waals surface area contributed by atoms with Gasteiger partial charge in [-0.3, -0.25) is 0 Å². The normalized spacial score (nSPS) is 21.9. The number of aliphatic hydroxyl groups is 1. The number of fused-ring (bicyclic) bond motifs is 2. The molecule has 190 valence electrons. The molecule has 6 rings (SSSR count). The highest BCUT2D eigenvalue weighted by molar-refractivity contribution is 5.82. The summed E-state index contributed by atoms with van der Waals surface area (Å²) in [5.41, 5.74) is 5.36. The summed E-state index contributed by atoms with van der Waals surface area (Å²) in [6.45, 7) is 5.76. The monoisotopic (exact) mass is 496 g/mol. The van der Waals surface area contributed by atoms with E-state index in [-0.39, 0.29) is 12.1 Å². The van der Waals surface area contributed by atoms with Crippen LogP contribution in [-0.4, -0.2) is 56.2 Å². The summed E-state index contributed by atoms with van der Waals surface area (Å²) >= 11 is 0. The quantitative estimate of drug-likeness (QED) is 0.387. The van der Waals surface area contributed by atoms with Gasteiger partial charge in [0, 0.05) is 18.5 Å². The molecule has 7 heteroatoms. The summed E-state index contributed by atoms with van der Waals surface area (Å²) in [6, 6.07) is 22.3. The number of likely N-dealkylation sites (tertiary alicyclic amines) is 1. The van der Waals surface area contributed by atoms with Crippen molar-refractivity contribution in [1.29, 1.82) is 0 Å². The third kappa shape index (κ3) is 4.67. The average Bonchev–Trinajstić information content (AvgIpc) is 3.13. The smallest absolute Gasteiger partial charge is 0.320 e. The Hall–Kier alpha value is -3.84. The van der Waals surface area contributed by atoms with E-state index in [0.717, 1.165) is 44.9 Å². The van der Waals surface area contributed by atoms with Gasteiger partial charge in [0.05, 0.1) is 35.8 Å². The first-order valence-electron chi connectivity index (χ1n) is 12.9. The summed E-state index contributed by atoms with van der Waals surface area (Å²) in [4.78, 5) is 25.5. The maximum atomic E-state index is 13.9. The maximum Gasteiger partial charge on any atom is 0.320 e. The highest BCUT2D eigenvalue weighted by Gasteiger charge is 2.39. The molecule has 2 amide bonds. The first-order chi connectivity index (χ1) is 17.9. The number of H-pyrrole nitrogens is 1. The number of aryl methyl sites for hydroxylation is 1. The number of aromatic amines is 1. The van der Waals surface area contributed by atoms with Gasteiger partial charge in [-0.05, 0) is 61.2 Å². The number of nitrogens with one attached hydrogen (secondary N) is 1. The van der Waals surface area contributed by atoms with Gasteiger partial charge in [-0.25, -0.2) is 9.78 Å². The van der Waals surface area contributed by atoms with E-state index < -0.39 is 5.60 Å². The van der Waals surface area contributed by atoms with Gasteiger partial charge in [0.25, 0.3) is 0 Å². The third-order valence-corrected chi connectivity index (χ3v) is 7.58. The lowest BCUT2D eigenvalue weighted by molar-refractivity contribution is -0.0256. The van der Waals surface area contributed by atoms with Crippen LogP contribution in [0.2, 0.25) is 0 Å². The molecule has 37 heavy (non-hydrogen) atoms. The average molecular weight is 497 g/mol. The standard InChI is InChI=1S/C30H32N4O3/c1-20-31-25-10-8-23(17-26(25)32-20)22-9-11-28-24(16-22)19-33(14-15-37-28)29(35)34-13-12-30(2,36)18-27(34)21-6-4-3-5-7-21/h3-11,16-17,27,36H,12-15,18-19H2,1-2H3,(H,31,32)/t27-,30+/m1/s1. The molecule has 0 saturated carbocycles. The number of ether oxygens (including phenoxy) is 1. The number of hydrogen-bond donors (Lipinski definition) is 2. The molecular weight excluding hydrogens is 464 g/mol. The summed E-state index contributed by atoms with van der Waals surface area (Å²) < 4.78 is 6.06. The van der Waals surface area contributed by atoms with E-state index in [1.165, 1.54) is 0 Å². The molecule has 0 bridgehead atoms. The van der Waals surface area contributed by atoms with Crippen LogP contribution in [0.1, 0.15) is 42.8 Å². The lowest BCUT2D eigenvalue weighted by Gasteiger charge is -2.44. The molecule has 3 heterocycles. The van der Waals surface area contributed by atoms with Crippen molar-refractivity contribution in [2.24, 2.45) is 0 Å². The molecule has 0 radical (unpaired) electrons. The molecule has 3 aromatic carbocycles. The molecule has 1 saturated heterocycles. The van der Waals surface area contributed by atoms with Gasteiger partial charge >= 0.3 is 6.03 Å². The number of carbonyl (C=O) groups excluding carboxylic acids is 1. The van der Waals surface area contributed by atoms with Crippen molar-refractivity contribution < 1.29 is 14.6 Å². The third-order valence-electron chi connectivity index (χ3n) is 7.58. The van der Waals surface area contributed by atoms with Crippen molar-refractivity contribution in [3.63, 3.8) is 0 Å². The second-order valence-electron chi connectivity index (χ2n) is 10.5. The minimum atomic E-state index is -0.797. The number of piperidine rings is 1. The molecule has 1 aromatic heterocycles. The zero-order chi connectivity index (χ0) is 25.6. The first-order valence-corrected chi connectivity index (χ1v) is 12.9. The van der Waals surface area contributed by atoms with Gasteiger partial charge in [-0.2, -0.15) is 0 Å². The Labute approximate surface area is 216 Å². The number of benzene rings is 3. The van der Waals surface area contributed by atoms with Crippen LogP contribution in [0.15, 0.2) is 66.7 Å². The number of urea groups is 1. The summed E-state index contributed by atoms with van der Waals surface area (Å²) in [5, 5.41) is 10.8. The van der Waals surface area contributed by atoms with Crippen LogP contribution >= 0.6 is 0 Å². The van der Waals surface area contributed by atoms with E-state index in [2.05, 4.69) is 34.2 Å². The van der Waals surface area contributed by atoms with Crippen LogP contribution < -0.4 is 4.74 Å². The lowest BCUT2D eigenvalue weighted by Crippen LogP contribution is -2.51. The fourth-order valence-electron chi connectivity index (χ4n) is 5.58. The van der Waals surface area contributed by atoms with Crippen molar-refractivity contribution in [1.82, 2.24) is 19.8 Å². The molecule has 2 aliphatic rings. The van der Waals surface area contributed by atoms with Gasteiger partial charge in [0.2, 0.25) is 0 Å². The predicted octanol–water partition coefficient (Wildman–Crippen LogP) is 5.44. The fraction of sp³-hybridized carbons (Fsp3) is 0.333. The Morgan fingerprint density at radius 3 is 2.70 bits per heavy atom. The van der Waals surface area contributed by atoms with Gasteiger partial charge in [0.15, 0.2) is 0 Å². The molecule has 4 aromatic rings. The molecule has 0 aliphatic carbocycles. The highest BCUT2D eigenvalue weighted by atomic mass is 16.5. The molecule has 0 unspecified atom stereocenters. The number of aromatic nitrogens is 2. The van der Waals surface area contributed by atoms with Gasteiger partial charge < -0.3 is 24.6 Å². The second-order valence-corrected chi connectivity index (χ2v) is 10.5. The molecule has 2 N–H and O–H groups in total. The summed E-state index contributed by atoms with van der Waals surface area (Å²) in [6.07, 6.45) is 1.08. The number of nitrogens with zero attached hydrogens (tertiary/aromatic N) is 3. The minimum absolute atomic E-state index is 0.0134. The second kappa shape index (κ2) is 9.23. The Balaban J connectivity index is 1.28. The van der Waals surface area contributed by atoms with Crippen LogP contribution in [0.3, 0.4) is 0 Å². The molecule has 2 atom stereocenters. The Bertz CT molecular complexity index is 1450. The van der Waals surface area contributed by atoms with Crippen LogP contribution in [-0.2, 0) is 6.54 Å². The van der Waals surface area contributed by atoms with Crippen LogP contribution in [0, 0.1) is 6.92 Å². The molecule has 1 fully saturated rings. The zero-order valence-corrected chi connectivity index (χ0v) is 21.3. The minimum Gasteiger partial charge on any atom is -0.491 e. The van der Waals surface area contributed by atoms with Crippen LogP contribution in [0.5, 0.6) is 5.75 Å². The van der Waals surface area contributed by atoms with E-state index in [0.29, 0.717) is 39.1 Å². The molecule has 7 nitrogen and oxygen atoms in total. The number of hydrogen-bond acceptors (Lipinski definition) is 4. The largest absolute Gasteiger partial charge is 0.491 e. The van der Waals surface area contributed by atoms with Crippen molar-refractivity contribution in [2.75, 3.05) is 19.7 Å². The van der Waals surface area contributed by atoms with Crippen molar-refractivity contribution in [2.45, 2.75) is 44.9 Å². The zero-order valence-electron chi connectivity index (χ0n) is 21.3. The van der Waals surface area contributed by atoms with E-state index in [4.69, 9.17) is 4.74 Å². The predicted molar refractivity (Wildman–Crippen MR) is 143 cm³/mol. The number of amides is 2. The van der Waals surface area contributed by atoms with Crippen molar-refractivity contribution in [3.8, 4) is 16.9 Å².